The van der Waals surface area contributed by atoms with Crippen molar-refractivity contribution in [1.29, 1.82) is 0 Å². The van der Waals surface area contributed by atoms with Crippen molar-refractivity contribution in [2.45, 2.75) is 13.0 Å². The number of rotatable bonds is 4. The van der Waals surface area contributed by atoms with Crippen molar-refractivity contribution in [2.24, 2.45) is 0 Å². The lowest BCUT2D eigenvalue weighted by Crippen LogP contribution is -2.27. The number of non-ortho nitro benzene ring substituents is 1. The molecule has 1 unspecified atom stereocenters. The Bertz CT molecular complexity index is 613. The van der Waals surface area contributed by atoms with E-state index < -0.39 is 11.0 Å². The largest absolute Gasteiger partial charge is 0.392 e. The number of hydrogen-bond acceptors (Lipinski definition) is 5. The molecule has 1 aromatic heterocycles. The Kier molecular flexibility index (Phi) is 3.62. The van der Waals surface area contributed by atoms with Gasteiger partial charge in [0.15, 0.2) is 0 Å². The summed E-state index contributed by atoms with van der Waals surface area (Å²) < 4.78 is 0. The SMILES string of the molecule is CC(O)CN(C)c1ccc([N+](=O)[O-])c2cnccc12. The Balaban J connectivity index is 2.58. The fourth-order valence-corrected chi connectivity index (χ4v) is 2.15. The Labute approximate surface area is 110 Å². The molecule has 6 heteroatoms. The molecule has 1 N–H and O–H groups in total. The number of fused-ring (bicyclic) bond motifs is 1. The smallest absolute Gasteiger partial charge is 0.278 e. The number of nitrogens with zero attached hydrogens (tertiary/aromatic N) is 3. The van der Waals surface area contributed by atoms with Crippen LogP contribution in [-0.4, -0.2) is 34.7 Å². The van der Waals surface area contributed by atoms with Crippen molar-refractivity contribution in [3.05, 3.63) is 40.7 Å². The molecule has 100 valence electrons. The van der Waals surface area contributed by atoms with Crippen molar-refractivity contribution in [2.75, 3.05) is 18.5 Å². The van der Waals surface area contributed by atoms with E-state index in [4.69, 9.17) is 0 Å². The van der Waals surface area contributed by atoms with E-state index in [2.05, 4.69) is 4.98 Å². The Morgan fingerprint density at radius 1 is 1.42 bits per heavy atom. The molecule has 0 fully saturated rings. The molecular formula is C13H15N3O3. The van der Waals surface area contributed by atoms with Crippen LogP contribution in [0.4, 0.5) is 11.4 Å². The first-order valence-corrected chi connectivity index (χ1v) is 5.91. The van der Waals surface area contributed by atoms with Gasteiger partial charge in [-0.25, -0.2) is 0 Å². The number of pyridine rings is 1. The molecule has 19 heavy (non-hydrogen) atoms. The van der Waals surface area contributed by atoms with E-state index in [1.165, 1.54) is 12.3 Å². The van der Waals surface area contributed by atoms with Crippen LogP contribution in [-0.2, 0) is 0 Å². The van der Waals surface area contributed by atoms with Gasteiger partial charge >= 0.3 is 0 Å². The second kappa shape index (κ2) is 5.19. The maximum atomic E-state index is 11.0. The van der Waals surface area contributed by atoms with E-state index in [1.54, 1.807) is 25.3 Å². The molecular weight excluding hydrogens is 246 g/mol. The second-order valence-electron chi connectivity index (χ2n) is 4.51. The van der Waals surface area contributed by atoms with Gasteiger partial charge in [-0.3, -0.25) is 15.1 Å². The van der Waals surface area contributed by atoms with Gasteiger partial charge in [-0.15, -0.1) is 0 Å². The molecule has 1 aromatic carbocycles. The summed E-state index contributed by atoms with van der Waals surface area (Å²) in [6.07, 6.45) is 2.62. The summed E-state index contributed by atoms with van der Waals surface area (Å²) in [5, 5.41) is 21.7. The van der Waals surface area contributed by atoms with Crippen LogP contribution in [0.25, 0.3) is 10.8 Å². The molecule has 1 atom stereocenters. The van der Waals surface area contributed by atoms with Crippen LogP contribution in [0.3, 0.4) is 0 Å². The highest BCUT2D eigenvalue weighted by atomic mass is 16.6. The zero-order valence-electron chi connectivity index (χ0n) is 10.8. The van der Waals surface area contributed by atoms with Gasteiger partial charge < -0.3 is 10.0 Å². The number of anilines is 1. The van der Waals surface area contributed by atoms with Crippen LogP contribution in [0.2, 0.25) is 0 Å². The molecule has 6 nitrogen and oxygen atoms in total. The molecule has 0 radical (unpaired) electrons. The number of benzene rings is 1. The third-order valence-electron chi connectivity index (χ3n) is 2.92. The van der Waals surface area contributed by atoms with Gasteiger partial charge in [0.1, 0.15) is 0 Å². The maximum Gasteiger partial charge on any atom is 0.278 e. The number of aliphatic hydroxyl groups excluding tert-OH is 1. The first-order valence-electron chi connectivity index (χ1n) is 5.91. The lowest BCUT2D eigenvalue weighted by atomic mass is 10.1. The lowest BCUT2D eigenvalue weighted by Gasteiger charge is -2.22. The second-order valence-corrected chi connectivity index (χ2v) is 4.51. The minimum Gasteiger partial charge on any atom is -0.392 e. The predicted molar refractivity (Wildman–Crippen MR) is 73.3 cm³/mol. The third-order valence-corrected chi connectivity index (χ3v) is 2.92. The van der Waals surface area contributed by atoms with Crippen molar-refractivity contribution in [3.8, 4) is 0 Å². The number of likely N-dealkylation sites (N-methyl/N-ethyl adjacent to an activating group) is 1. The van der Waals surface area contributed by atoms with E-state index in [-0.39, 0.29) is 5.69 Å². The average molecular weight is 261 g/mol. The van der Waals surface area contributed by atoms with E-state index >= 15 is 0 Å². The van der Waals surface area contributed by atoms with Gasteiger partial charge in [0.25, 0.3) is 5.69 Å². The molecule has 0 saturated heterocycles. The molecule has 0 aliphatic heterocycles. The summed E-state index contributed by atoms with van der Waals surface area (Å²) in [4.78, 5) is 16.4. The first-order chi connectivity index (χ1) is 9.00. The third kappa shape index (κ3) is 2.63. The highest BCUT2D eigenvalue weighted by Gasteiger charge is 2.16. The highest BCUT2D eigenvalue weighted by Crippen LogP contribution is 2.32. The molecule has 0 aliphatic carbocycles. The van der Waals surface area contributed by atoms with Crippen molar-refractivity contribution < 1.29 is 10.0 Å². The fourth-order valence-electron chi connectivity index (χ4n) is 2.15. The summed E-state index contributed by atoms with van der Waals surface area (Å²) in [5.74, 6) is 0. The van der Waals surface area contributed by atoms with Crippen LogP contribution in [0, 0.1) is 10.1 Å². The summed E-state index contributed by atoms with van der Waals surface area (Å²) in [7, 11) is 1.84. The fraction of sp³-hybridized carbons (Fsp3) is 0.308. The van der Waals surface area contributed by atoms with Crippen molar-refractivity contribution in [3.63, 3.8) is 0 Å². The molecule has 0 spiro atoms. The Hall–Kier alpha value is -2.21. The molecule has 0 bridgehead atoms. The molecule has 1 heterocycles. The summed E-state index contributed by atoms with van der Waals surface area (Å²) in [6.45, 7) is 2.15. The molecule has 0 aliphatic rings. The van der Waals surface area contributed by atoms with Gasteiger partial charge in [-0.05, 0) is 19.1 Å². The number of aromatic nitrogens is 1. The van der Waals surface area contributed by atoms with Crippen LogP contribution < -0.4 is 4.90 Å². The average Bonchev–Trinajstić information content (AvgIpc) is 2.36. The van der Waals surface area contributed by atoms with Gasteiger partial charge in [0, 0.05) is 43.1 Å². The standard InChI is InChI=1S/C13H15N3O3/c1-9(17)8-15(2)12-3-4-13(16(18)19)11-7-14-6-5-10(11)12/h3-7,9,17H,8H2,1-2H3. The zero-order chi connectivity index (χ0) is 14.0. The van der Waals surface area contributed by atoms with Crippen molar-refractivity contribution >= 4 is 22.1 Å². The monoisotopic (exact) mass is 261 g/mol. The minimum atomic E-state index is -0.475. The van der Waals surface area contributed by atoms with E-state index in [0.29, 0.717) is 11.9 Å². The van der Waals surface area contributed by atoms with E-state index in [0.717, 1.165) is 11.1 Å². The first kappa shape index (κ1) is 13.2. The molecule has 2 rings (SSSR count). The number of hydrogen-bond donors (Lipinski definition) is 1. The van der Waals surface area contributed by atoms with Gasteiger partial charge in [0.05, 0.1) is 16.4 Å². The number of aliphatic hydroxyl groups is 1. The lowest BCUT2D eigenvalue weighted by molar-refractivity contribution is -0.383. The normalized spacial score (nSPS) is 12.4. The zero-order valence-corrected chi connectivity index (χ0v) is 10.8. The molecule has 2 aromatic rings. The van der Waals surface area contributed by atoms with Crippen LogP contribution in [0.5, 0.6) is 0 Å². The summed E-state index contributed by atoms with van der Waals surface area (Å²) >= 11 is 0. The van der Waals surface area contributed by atoms with E-state index in [1.807, 2.05) is 11.9 Å². The van der Waals surface area contributed by atoms with Gasteiger partial charge in [-0.1, -0.05) is 0 Å². The Morgan fingerprint density at radius 3 is 2.79 bits per heavy atom. The van der Waals surface area contributed by atoms with Crippen LogP contribution >= 0.6 is 0 Å². The Morgan fingerprint density at radius 2 is 2.16 bits per heavy atom. The highest BCUT2D eigenvalue weighted by molar-refractivity contribution is 5.99. The maximum absolute atomic E-state index is 11.0. The van der Waals surface area contributed by atoms with Crippen molar-refractivity contribution in [1.82, 2.24) is 4.98 Å². The summed E-state index contributed by atoms with van der Waals surface area (Å²) in [5.41, 5.74) is 0.876. The topological polar surface area (TPSA) is 79.5 Å². The minimum absolute atomic E-state index is 0.0392. The van der Waals surface area contributed by atoms with Crippen LogP contribution in [0.1, 0.15) is 6.92 Å². The summed E-state index contributed by atoms with van der Waals surface area (Å²) in [6, 6.07) is 4.91. The quantitative estimate of drug-likeness (QED) is 0.672. The van der Waals surface area contributed by atoms with Gasteiger partial charge in [0.2, 0.25) is 0 Å². The number of nitro groups is 1. The molecule has 0 saturated carbocycles. The number of nitro benzene ring substituents is 1. The van der Waals surface area contributed by atoms with Gasteiger partial charge in [-0.2, -0.15) is 0 Å². The van der Waals surface area contributed by atoms with E-state index in [9.17, 15) is 15.2 Å². The molecule has 0 amide bonds. The predicted octanol–water partition coefficient (Wildman–Crippen LogP) is 1.96. The van der Waals surface area contributed by atoms with Crippen LogP contribution in [0.15, 0.2) is 30.6 Å².